The Kier molecular flexibility index (Phi) is 3.21. The van der Waals surface area contributed by atoms with E-state index in [0.29, 0.717) is 27.9 Å². The molecular formula is C21H14N4O2. The molecule has 0 saturated carbocycles. The van der Waals surface area contributed by atoms with Gasteiger partial charge in [0.25, 0.3) is 11.8 Å². The van der Waals surface area contributed by atoms with Crippen molar-refractivity contribution in [3.63, 3.8) is 0 Å². The molecule has 0 N–H and O–H groups in total. The monoisotopic (exact) mass is 354 g/mol. The summed E-state index contributed by atoms with van der Waals surface area (Å²) >= 11 is 0. The van der Waals surface area contributed by atoms with Crippen LogP contribution in [0, 0.1) is 0 Å². The molecule has 0 radical (unpaired) electrons. The minimum Gasteiger partial charge on any atom is -0.277 e. The summed E-state index contributed by atoms with van der Waals surface area (Å²) in [4.78, 5) is 30.8. The van der Waals surface area contributed by atoms with Gasteiger partial charge in [-0.05, 0) is 12.1 Å². The second kappa shape index (κ2) is 5.60. The Morgan fingerprint density at radius 1 is 0.852 bits per heavy atom. The van der Waals surface area contributed by atoms with Crippen LogP contribution in [0.5, 0.6) is 0 Å². The van der Waals surface area contributed by atoms with Crippen LogP contribution in [0.4, 0.5) is 0 Å². The van der Waals surface area contributed by atoms with Gasteiger partial charge < -0.3 is 0 Å². The highest BCUT2D eigenvalue weighted by atomic mass is 16.2. The number of para-hydroxylation sites is 1. The van der Waals surface area contributed by atoms with Gasteiger partial charge in [-0.25, -0.2) is 9.67 Å². The fraction of sp³-hybridized carbons (Fsp3) is 0.0476. The van der Waals surface area contributed by atoms with Crippen LogP contribution in [0.1, 0.15) is 20.7 Å². The topological polar surface area (TPSA) is 68.1 Å². The molecule has 0 bridgehead atoms. The SMILES string of the molecule is CN1C(=O)c2cnc3c(c(-c4ccccc4)nn3-c3ccccc3)c2C1=O. The first-order valence-electron chi connectivity index (χ1n) is 8.52. The van der Waals surface area contributed by atoms with E-state index in [9.17, 15) is 9.59 Å². The van der Waals surface area contributed by atoms with Crippen molar-refractivity contribution in [2.45, 2.75) is 0 Å². The average molecular weight is 354 g/mol. The summed E-state index contributed by atoms with van der Waals surface area (Å²) in [5, 5.41) is 5.37. The summed E-state index contributed by atoms with van der Waals surface area (Å²) in [5.74, 6) is -0.664. The van der Waals surface area contributed by atoms with Gasteiger partial charge >= 0.3 is 0 Å². The molecule has 0 aliphatic carbocycles. The first kappa shape index (κ1) is 15.5. The van der Waals surface area contributed by atoms with Crippen molar-refractivity contribution < 1.29 is 9.59 Å². The van der Waals surface area contributed by atoms with Crippen LogP contribution in [0.3, 0.4) is 0 Å². The van der Waals surface area contributed by atoms with Crippen LogP contribution >= 0.6 is 0 Å². The Bertz CT molecular complexity index is 1210. The van der Waals surface area contributed by atoms with Gasteiger partial charge in [-0.2, -0.15) is 5.10 Å². The lowest BCUT2D eigenvalue weighted by Crippen LogP contribution is -2.24. The standard InChI is InChI=1S/C21H14N4O2/c1-24-20(26)15-12-22-19-17(16(15)21(24)27)18(13-8-4-2-5-9-13)23-25(19)14-10-6-3-7-11-14/h2-12H,1H3. The molecule has 0 saturated heterocycles. The lowest BCUT2D eigenvalue weighted by Gasteiger charge is -2.03. The molecule has 0 spiro atoms. The van der Waals surface area contributed by atoms with Gasteiger partial charge in [-0.15, -0.1) is 0 Å². The van der Waals surface area contributed by atoms with Crippen molar-refractivity contribution in [3.05, 3.63) is 78.0 Å². The zero-order valence-corrected chi connectivity index (χ0v) is 14.5. The van der Waals surface area contributed by atoms with Crippen molar-refractivity contribution in [2.24, 2.45) is 0 Å². The van der Waals surface area contributed by atoms with Gasteiger partial charge in [-0.3, -0.25) is 14.5 Å². The molecule has 1 aliphatic heterocycles. The normalized spacial score (nSPS) is 13.4. The maximum Gasteiger partial charge on any atom is 0.262 e. The molecule has 2 amide bonds. The summed E-state index contributed by atoms with van der Waals surface area (Å²) < 4.78 is 1.72. The van der Waals surface area contributed by atoms with Gasteiger partial charge in [0.1, 0.15) is 5.69 Å². The third-order valence-electron chi connectivity index (χ3n) is 4.80. The van der Waals surface area contributed by atoms with Gasteiger partial charge in [0.05, 0.1) is 22.2 Å². The molecule has 1 aliphatic rings. The number of aromatic nitrogens is 3. The van der Waals surface area contributed by atoms with E-state index in [2.05, 4.69) is 4.98 Å². The van der Waals surface area contributed by atoms with E-state index in [1.807, 2.05) is 60.7 Å². The van der Waals surface area contributed by atoms with Gasteiger partial charge in [-0.1, -0.05) is 48.5 Å². The molecule has 130 valence electrons. The molecule has 27 heavy (non-hydrogen) atoms. The summed E-state index contributed by atoms with van der Waals surface area (Å²) in [6.07, 6.45) is 1.47. The van der Waals surface area contributed by atoms with E-state index in [-0.39, 0.29) is 11.8 Å². The van der Waals surface area contributed by atoms with Crippen molar-refractivity contribution in [2.75, 3.05) is 7.05 Å². The molecule has 0 fully saturated rings. The number of nitrogens with zero attached hydrogens (tertiary/aromatic N) is 4. The van der Waals surface area contributed by atoms with Gasteiger partial charge in [0, 0.05) is 18.8 Å². The second-order valence-electron chi connectivity index (χ2n) is 6.38. The molecule has 4 aromatic rings. The highest BCUT2D eigenvalue weighted by molar-refractivity contribution is 6.27. The Labute approximate surface area is 154 Å². The van der Waals surface area contributed by atoms with Crippen molar-refractivity contribution >= 4 is 22.8 Å². The maximum absolute atomic E-state index is 12.8. The Hall–Kier alpha value is -3.80. The molecule has 2 aromatic carbocycles. The number of carbonyl (C=O) groups excluding carboxylic acids is 2. The van der Waals surface area contributed by atoms with E-state index in [1.54, 1.807) is 4.68 Å². The fourth-order valence-electron chi connectivity index (χ4n) is 3.46. The summed E-state index contributed by atoms with van der Waals surface area (Å²) in [7, 11) is 1.49. The average Bonchev–Trinajstić information content (AvgIpc) is 3.21. The first-order valence-corrected chi connectivity index (χ1v) is 8.52. The predicted molar refractivity (Wildman–Crippen MR) is 101 cm³/mol. The summed E-state index contributed by atoms with van der Waals surface area (Å²) in [6.45, 7) is 0. The second-order valence-corrected chi connectivity index (χ2v) is 6.38. The Morgan fingerprint density at radius 2 is 1.52 bits per heavy atom. The molecule has 5 rings (SSSR count). The third kappa shape index (κ3) is 2.13. The van der Waals surface area contributed by atoms with E-state index >= 15 is 0 Å². The number of benzene rings is 2. The Morgan fingerprint density at radius 3 is 2.22 bits per heavy atom. The Balaban J connectivity index is 1.92. The summed E-state index contributed by atoms with van der Waals surface area (Å²) in [5.41, 5.74) is 3.57. The van der Waals surface area contributed by atoms with Crippen LogP contribution in [-0.4, -0.2) is 38.5 Å². The molecule has 6 nitrogen and oxygen atoms in total. The zero-order chi connectivity index (χ0) is 18.5. The lowest BCUT2D eigenvalue weighted by atomic mass is 10.0. The maximum atomic E-state index is 12.8. The highest BCUT2D eigenvalue weighted by Crippen LogP contribution is 2.36. The summed E-state index contributed by atoms with van der Waals surface area (Å²) in [6, 6.07) is 19.2. The zero-order valence-electron chi connectivity index (χ0n) is 14.5. The van der Waals surface area contributed by atoms with Crippen molar-refractivity contribution in [1.29, 1.82) is 0 Å². The van der Waals surface area contributed by atoms with Gasteiger partial charge in [0.2, 0.25) is 0 Å². The number of hydrogen-bond donors (Lipinski definition) is 0. The molecule has 0 unspecified atom stereocenters. The molecule has 0 atom stereocenters. The van der Waals surface area contributed by atoms with Crippen LogP contribution in [0.25, 0.3) is 28.0 Å². The van der Waals surface area contributed by atoms with Crippen LogP contribution in [0.2, 0.25) is 0 Å². The number of rotatable bonds is 2. The number of fused-ring (bicyclic) bond motifs is 3. The smallest absolute Gasteiger partial charge is 0.262 e. The fourth-order valence-corrected chi connectivity index (χ4v) is 3.46. The number of amides is 2. The quantitative estimate of drug-likeness (QED) is 0.518. The van der Waals surface area contributed by atoms with E-state index in [4.69, 9.17) is 5.10 Å². The third-order valence-corrected chi connectivity index (χ3v) is 4.80. The number of carbonyl (C=O) groups is 2. The van der Waals surface area contributed by atoms with E-state index in [1.165, 1.54) is 13.2 Å². The molecular weight excluding hydrogens is 340 g/mol. The number of pyridine rings is 1. The predicted octanol–water partition coefficient (Wildman–Crippen LogP) is 3.31. The number of hydrogen-bond acceptors (Lipinski definition) is 4. The minimum absolute atomic E-state index is 0.319. The van der Waals surface area contributed by atoms with Crippen molar-refractivity contribution in [3.8, 4) is 16.9 Å². The minimum atomic E-state index is -0.337. The lowest BCUT2D eigenvalue weighted by molar-refractivity contribution is 0.0693. The van der Waals surface area contributed by atoms with Crippen LogP contribution < -0.4 is 0 Å². The first-order chi connectivity index (χ1) is 13.2. The van der Waals surface area contributed by atoms with E-state index < -0.39 is 0 Å². The van der Waals surface area contributed by atoms with Crippen LogP contribution in [-0.2, 0) is 0 Å². The number of imide groups is 1. The van der Waals surface area contributed by atoms with Crippen molar-refractivity contribution in [1.82, 2.24) is 19.7 Å². The van der Waals surface area contributed by atoms with Crippen LogP contribution in [0.15, 0.2) is 66.9 Å². The highest BCUT2D eigenvalue weighted by Gasteiger charge is 2.37. The van der Waals surface area contributed by atoms with Gasteiger partial charge in [0.15, 0.2) is 5.65 Å². The molecule has 6 heteroatoms. The van der Waals surface area contributed by atoms with E-state index in [0.717, 1.165) is 16.2 Å². The molecule has 2 aromatic heterocycles. The largest absolute Gasteiger partial charge is 0.277 e. The molecule has 3 heterocycles.